The molecule has 5 heteroatoms. The molecule has 15 heavy (non-hydrogen) atoms. The predicted octanol–water partition coefficient (Wildman–Crippen LogP) is 0.599. The van der Waals surface area contributed by atoms with Crippen molar-refractivity contribution in [3.05, 3.63) is 17.5 Å². The summed E-state index contributed by atoms with van der Waals surface area (Å²) >= 11 is 0. The van der Waals surface area contributed by atoms with Crippen LogP contribution in [0.3, 0.4) is 0 Å². The number of carbonyl (C=O) groups is 1. The Hall–Kier alpha value is -1.36. The molecule has 0 fully saturated rings. The standard InChI is InChI=1S/C10H17N3O2/c1-3-4-12-10(14)7-11-6-9-5-8(2)15-13-9/h5,11H,3-4,6-7H2,1-2H3,(H,12,14). The maximum absolute atomic E-state index is 11.2. The third kappa shape index (κ3) is 4.60. The molecule has 1 heterocycles. The normalized spacial score (nSPS) is 10.3. The molecule has 1 aromatic heterocycles. The van der Waals surface area contributed by atoms with E-state index in [1.165, 1.54) is 0 Å². The molecule has 1 aromatic rings. The number of hydrogen-bond donors (Lipinski definition) is 2. The van der Waals surface area contributed by atoms with Crippen molar-refractivity contribution in [1.82, 2.24) is 15.8 Å². The Bertz CT molecular complexity index is 309. The van der Waals surface area contributed by atoms with Crippen molar-refractivity contribution in [2.75, 3.05) is 13.1 Å². The van der Waals surface area contributed by atoms with Crippen LogP contribution in [0.15, 0.2) is 10.6 Å². The van der Waals surface area contributed by atoms with Gasteiger partial charge >= 0.3 is 0 Å². The summed E-state index contributed by atoms with van der Waals surface area (Å²) in [4.78, 5) is 11.2. The van der Waals surface area contributed by atoms with Crippen molar-refractivity contribution < 1.29 is 9.32 Å². The third-order valence-corrected chi connectivity index (χ3v) is 1.84. The molecule has 84 valence electrons. The van der Waals surface area contributed by atoms with Gasteiger partial charge in [0.15, 0.2) is 0 Å². The minimum absolute atomic E-state index is 0.0112. The second-order valence-corrected chi connectivity index (χ2v) is 3.38. The van der Waals surface area contributed by atoms with E-state index >= 15 is 0 Å². The van der Waals surface area contributed by atoms with Crippen LogP contribution in [-0.2, 0) is 11.3 Å². The molecule has 0 aliphatic carbocycles. The number of amides is 1. The molecule has 0 bridgehead atoms. The zero-order valence-corrected chi connectivity index (χ0v) is 9.17. The summed E-state index contributed by atoms with van der Waals surface area (Å²) in [6.07, 6.45) is 0.953. The molecule has 0 unspecified atom stereocenters. The Kier molecular flexibility index (Phi) is 4.83. The number of rotatable bonds is 6. The largest absolute Gasteiger partial charge is 0.361 e. The van der Waals surface area contributed by atoms with Crippen molar-refractivity contribution in [2.24, 2.45) is 0 Å². The lowest BCUT2D eigenvalue weighted by Crippen LogP contribution is -2.33. The highest BCUT2D eigenvalue weighted by Crippen LogP contribution is 1.99. The average Bonchev–Trinajstić information content (AvgIpc) is 2.61. The number of nitrogens with zero attached hydrogens (tertiary/aromatic N) is 1. The molecule has 0 saturated heterocycles. The summed E-state index contributed by atoms with van der Waals surface area (Å²) in [6, 6.07) is 1.84. The van der Waals surface area contributed by atoms with Gasteiger partial charge in [-0.1, -0.05) is 12.1 Å². The average molecular weight is 211 g/mol. The molecule has 0 saturated carbocycles. The van der Waals surface area contributed by atoms with Gasteiger partial charge in [-0.05, 0) is 13.3 Å². The van der Waals surface area contributed by atoms with E-state index in [2.05, 4.69) is 15.8 Å². The fourth-order valence-corrected chi connectivity index (χ4v) is 1.13. The van der Waals surface area contributed by atoms with E-state index in [4.69, 9.17) is 4.52 Å². The fraction of sp³-hybridized carbons (Fsp3) is 0.600. The Morgan fingerprint density at radius 3 is 3.00 bits per heavy atom. The van der Waals surface area contributed by atoms with E-state index in [-0.39, 0.29) is 5.91 Å². The van der Waals surface area contributed by atoms with Crippen LogP contribution in [0, 0.1) is 6.92 Å². The first-order chi connectivity index (χ1) is 7.22. The summed E-state index contributed by atoms with van der Waals surface area (Å²) in [5.74, 6) is 0.791. The van der Waals surface area contributed by atoms with Gasteiger partial charge in [0.1, 0.15) is 5.76 Å². The number of aryl methyl sites for hydroxylation is 1. The van der Waals surface area contributed by atoms with E-state index in [0.717, 1.165) is 24.4 Å². The van der Waals surface area contributed by atoms with Gasteiger partial charge < -0.3 is 15.2 Å². The SMILES string of the molecule is CCCNC(=O)CNCc1cc(C)on1. The molecule has 0 spiro atoms. The van der Waals surface area contributed by atoms with Gasteiger partial charge in [-0.25, -0.2) is 0 Å². The van der Waals surface area contributed by atoms with E-state index in [9.17, 15) is 4.79 Å². The molecule has 0 aromatic carbocycles. The van der Waals surface area contributed by atoms with Crippen LogP contribution in [0.1, 0.15) is 24.8 Å². The quantitative estimate of drug-likeness (QED) is 0.723. The van der Waals surface area contributed by atoms with Gasteiger partial charge in [-0.2, -0.15) is 0 Å². The van der Waals surface area contributed by atoms with Crippen LogP contribution in [0.4, 0.5) is 0 Å². The topological polar surface area (TPSA) is 67.2 Å². The molecule has 0 aliphatic heterocycles. The molecule has 0 radical (unpaired) electrons. The lowest BCUT2D eigenvalue weighted by molar-refractivity contribution is -0.120. The van der Waals surface area contributed by atoms with Crippen LogP contribution >= 0.6 is 0 Å². The van der Waals surface area contributed by atoms with Gasteiger partial charge in [0.05, 0.1) is 12.2 Å². The van der Waals surface area contributed by atoms with Gasteiger partial charge in [-0.15, -0.1) is 0 Å². The summed E-state index contributed by atoms with van der Waals surface area (Å²) in [7, 11) is 0. The molecule has 0 atom stereocenters. The molecule has 0 aliphatic rings. The number of aromatic nitrogens is 1. The Balaban J connectivity index is 2.13. The second-order valence-electron chi connectivity index (χ2n) is 3.38. The zero-order chi connectivity index (χ0) is 11.1. The first-order valence-corrected chi connectivity index (χ1v) is 5.12. The molecular formula is C10H17N3O2. The van der Waals surface area contributed by atoms with Crippen molar-refractivity contribution in [3.63, 3.8) is 0 Å². The van der Waals surface area contributed by atoms with E-state index in [1.54, 1.807) is 0 Å². The van der Waals surface area contributed by atoms with Crippen LogP contribution in [0.2, 0.25) is 0 Å². The van der Waals surface area contributed by atoms with Crippen molar-refractivity contribution in [3.8, 4) is 0 Å². The Morgan fingerprint density at radius 2 is 2.40 bits per heavy atom. The molecule has 1 rings (SSSR count). The van der Waals surface area contributed by atoms with E-state index < -0.39 is 0 Å². The summed E-state index contributed by atoms with van der Waals surface area (Å²) in [5.41, 5.74) is 0.816. The lowest BCUT2D eigenvalue weighted by atomic mass is 10.4. The fourth-order valence-electron chi connectivity index (χ4n) is 1.13. The first kappa shape index (κ1) is 11.7. The molecule has 5 nitrogen and oxygen atoms in total. The minimum Gasteiger partial charge on any atom is -0.361 e. The highest BCUT2D eigenvalue weighted by atomic mass is 16.5. The monoisotopic (exact) mass is 211 g/mol. The predicted molar refractivity (Wildman–Crippen MR) is 56.2 cm³/mol. The van der Waals surface area contributed by atoms with Gasteiger partial charge in [0, 0.05) is 19.2 Å². The van der Waals surface area contributed by atoms with E-state index in [0.29, 0.717) is 13.1 Å². The number of hydrogen-bond acceptors (Lipinski definition) is 4. The smallest absolute Gasteiger partial charge is 0.233 e. The van der Waals surface area contributed by atoms with Gasteiger partial charge in [0.25, 0.3) is 0 Å². The third-order valence-electron chi connectivity index (χ3n) is 1.84. The Labute approximate surface area is 89.2 Å². The Morgan fingerprint density at radius 1 is 1.60 bits per heavy atom. The van der Waals surface area contributed by atoms with Crippen LogP contribution in [0.5, 0.6) is 0 Å². The second kappa shape index (κ2) is 6.19. The maximum Gasteiger partial charge on any atom is 0.233 e. The zero-order valence-electron chi connectivity index (χ0n) is 9.17. The first-order valence-electron chi connectivity index (χ1n) is 5.12. The van der Waals surface area contributed by atoms with Crippen molar-refractivity contribution >= 4 is 5.91 Å². The number of carbonyl (C=O) groups excluding carboxylic acids is 1. The molecular weight excluding hydrogens is 194 g/mol. The summed E-state index contributed by atoms with van der Waals surface area (Å²) in [6.45, 7) is 5.45. The van der Waals surface area contributed by atoms with Crippen LogP contribution in [0.25, 0.3) is 0 Å². The van der Waals surface area contributed by atoms with Crippen LogP contribution < -0.4 is 10.6 Å². The molecule has 2 N–H and O–H groups in total. The minimum atomic E-state index is 0.0112. The van der Waals surface area contributed by atoms with Crippen molar-refractivity contribution in [1.29, 1.82) is 0 Å². The van der Waals surface area contributed by atoms with Gasteiger partial charge in [-0.3, -0.25) is 4.79 Å². The highest BCUT2D eigenvalue weighted by Gasteiger charge is 2.02. The van der Waals surface area contributed by atoms with Crippen molar-refractivity contribution in [2.45, 2.75) is 26.8 Å². The summed E-state index contributed by atoms with van der Waals surface area (Å²) < 4.78 is 4.90. The maximum atomic E-state index is 11.2. The highest BCUT2D eigenvalue weighted by molar-refractivity contribution is 5.77. The molecule has 1 amide bonds. The lowest BCUT2D eigenvalue weighted by Gasteiger charge is -2.03. The van der Waals surface area contributed by atoms with Gasteiger partial charge in [0.2, 0.25) is 5.91 Å². The summed E-state index contributed by atoms with van der Waals surface area (Å²) in [5, 5.41) is 9.57. The number of nitrogens with one attached hydrogen (secondary N) is 2. The van der Waals surface area contributed by atoms with Crippen LogP contribution in [-0.4, -0.2) is 24.2 Å². The van der Waals surface area contributed by atoms with E-state index in [1.807, 2.05) is 19.9 Å².